The molecule has 1 aliphatic rings. The first-order chi connectivity index (χ1) is 8.00. The summed E-state index contributed by atoms with van der Waals surface area (Å²) in [6.45, 7) is 0.130. The summed E-state index contributed by atoms with van der Waals surface area (Å²) in [6.07, 6.45) is -3.64. The lowest BCUT2D eigenvalue weighted by Gasteiger charge is -2.05. The largest absolute Gasteiger partial charge is 0.586 e. The number of carbonyl (C=O) groups excluding carboxylic acids is 1. The van der Waals surface area contributed by atoms with Crippen LogP contribution in [0.15, 0.2) is 18.2 Å². The van der Waals surface area contributed by atoms with Gasteiger partial charge in [0.15, 0.2) is 11.5 Å². The number of ether oxygens (including phenoxy) is 2. The molecule has 100 valence electrons. The maximum atomic E-state index is 12.7. The standard InChI is InChI=1S/C10H10F2N2O3.ClH/c1-13-5-9(15)14-6-2-3-7-8(4-6)17-10(11,12)16-7;/h2-4,13H,5H2,1H3,(H,14,15);1H. The highest BCUT2D eigenvalue weighted by atomic mass is 35.5. The summed E-state index contributed by atoms with van der Waals surface area (Å²) in [4.78, 5) is 11.2. The van der Waals surface area contributed by atoms with Gasteiger partial charge in [-0.3, -0.25) is 4.79 Å². The lowest BCUT2D eigenvalue weighted by atomic mass is 10.3. The highest BCUT2D eigenvalue weighted by molar-refractivity contribution is 5.92. The Morgan fingerprint density at radius 3 is 2.67 bits per heavy atom. The molecule has 0 atom stereocenters. The molecule has 0 aromatic heterocycles. The van der Waals surface area contributed by atoms with Gasteiger partial charge < -0.3 is 20.1 Å². The Morgan fingerprint density at radius 1 is 1.33 bits per heavy atom. The molecule has 0 fully saturated rings. The number of nitrogens with one attached hydrogen (secondary N) is 2. The predicted octanol–water partition coefficient (Wildman–Crippen LogP) is 1.59. The van der Waals surface area contributed by atoms with Crippen molar-refractivity contribution in [3.8, 4) is 11.5 Å². The number of hydrogen-bond donors (Lipinski definition) is 2. The second-order valence-electron chi connectivity index (χ2n) is 3.41. The lowest BCUT2D eigenvalue weighted by Crippen LogP contribution is -2.26. The summed E-state index contributed by atoms with van der Waals surface area (Å²) in [5.41, 5.74) is 0.366. The van der Waals surface area contributed by atoms with E-state index in [2.05, 4.69) is 20.1 Å². The summed E-state index contributed by atoms with van der Waals surface area (Å²) >= 11 is 0. The van der Waals surface area contributed by atoms with Gasteiger partial charge in [-0.15, -0.1) is 21.2 Å². The summed E-state index contributed by atoms with van der Waals surface area (Å²) in [6, 6.07) is 4.05. The molecule has 0 spiro atoms. The minimum absolute atomic E-state index is 0. The summed E-state index contributed by atoms with van der Waals surface area (Å²) in [5.74, 6) is -0.433. The molecule has 5 nitrogen and oxygen atoms in total. The van der Waals surface area contributed by atoms with Crippen molar-refractivity contribution in [1.82, 2.24) is 5.32 Å². The van der Waals surface area contributed by atoms with Crippen LogP contribution >= 0.6 is 12.4 Å². The van der Waals surface area contributed by atoms with Crippen LogP contribution in [0.4, 0.5) is 14.5 Å². The zero-order chi connectivity index (χ0) is 12.5. The number of anilines is 1. The van der Waals surface area contributed by atoms with Gasteiger partial charge >= 0.3 is 6.29 Å². The first-order valence-corrected chi connectivity index (χ1v) is 4.84. The fourth-order valence-corrected chi connectivity index (χ4v) is 1.39. The van der Waals surface area contributed by atoms with Gasteiger partial charge in [-0.05, 0) is 19.2 Å². The van der Waals surface area contributed by atoms with Crippen molar-refractivity contribution >= 4 is 24.0 Å². The molecule has 2 rings (SSSR count). The third-order valence-electron chi connectivity index (χ3n) is 2.02. The van der Waals surface area contributed by atoms with Crippen LogP contribution in [-0.2, 0) is 4.79 Å². The summed E-state index contributed by atoms with van der Waals surface area (Å²) in [5, 5.41) is 5.18. The van der Waals surface area contributed by atoms with Crippen LogP contribution in [0.5, 0.6) is 11.5 Å². The minimum Gasteiger partial charge on any atom is -0.395 e. The maximum Gasteiger partial charge on any atom is 0.586 e. The zero-order valence-electron chi connectivity index (χ0n) is 9.33. The van der Waals surface area contributed by atoms with Crippen LogP contribution in [0, 0.1) is 0 Å². The van der Waals surface area contributed by atoms with Gasteiger partial charge in [0.2, 0.25) is 5.91 Å². The number of amides is 1. The summed E-state index contributed by atoms with van der Waals surface area (Å²) in [7, 11) is 1.62. The number of halogens is 3. The van der Waals surface area contributed by atoms with E-state index in [9.17, 15) is 13.6 Å². The Labute approximate surface area is 108 Å². The van der Waals surface area contributed by atoms with E-state index in [1.807, 2.05) is 0 Å². The minimum atomic E-state index is -3.64. The molecule has 0 radical (unpaired) electrons. The molecule has 18 heavy (non-hydrogen) atoms. The number of alkyl halides is 2. The topological polar surface area (TPSA) is 59.6 Å². The van der Waals surface area contributed by atoms with Crippen molar-refractivity contribution in [2.45, 2.75) is 6.29 Å². The molecular formula is C10H11ClF2N2O3. The quantitative estimate of drug-likeness (QED) is 0.883. The van der Waals surface area contributed by atoms with E-state index < -0.39 is 6.29 Å². The molecule has 8 heteroatoms. The van der Waals surface area contributed by atoms with Gasteiger partial charge in [-0.2, -0.15) is 0 Å². The zero-order valence-corrected chi connectivity index (χ0v) is 10.1. The molecule has 1 heterocycles. The number of likely N-dealkylation sites (N-methyl/N-ethyl adjacent to an activating group) is 1. The van der Waals surface area contributed by atoms with E-state index in [-0.39, 0.29) is 36.4 Å². The number of hydrogen-bond acceptors (Lipinski definition) is 4. The van der Waals surface area contributed by atoms with Crippen LogP contribution in [0.3, 0.4) is 0 Å². The SMILES string of the molecule is CNCC(=O)Nc1ccc2c(c1)OC(F)(F)O2.Cl. The molecule has 1 aromatic carbocycles. The predicted molar refractivity (Wildman–Crippen MR) is 62.4 cm³/mol. The normalized spacial score (nSPS) is 14.8. The Bertz CT molecular complexity index is 457. The van der Waals surface area contributed by atoms with E-state index >= 15 is 0 Å². The van der Waals surface area contributed by atoms with Crippen molar-refractivity contribution in [2.75, 3.05) is 18.9 Å². The Morgan fingerprint density at radius 2 is 2.00 bits per heavy atom. The molecular weight excluding hydrogens is 270 g/mol. The van der Waals surface area contributed by atoms with Crippen LogP contribution in [0.2, 0.25) is 0 Å². The van der Waals surface area contributed by atoms with Crippen molar-refractivity contribution in [3.63, 3.8) is 0 Å². The van der Waals surface area contributed by atoms with Crippen LogP contribution < -0.4 is 20.1 Å². The van der Waals surface area contributed by atoms with Crippen LogP contribution in [0.1, 0.15) is 0 Å². The molecule has 1 aromatic rings. The van der Waals surface area contributed by atoms with Crippen molar-refractivity contribution < 1.29 is 23.0 Å². The first-order valence-electron chi connectivity index (χ1n) is 4.84. The van der Waals surface area contributed by atoms with Crippen molar-refractivity contribution in [3.05, 3.63) is 18.2 Å². The average molecular weight is 281 g/mol. The van der Waals surface area contributed by atoms with E-state index in [1.54, 1.807) is 7.05 Å². The fourth-order valence-electron chi connectivity index (χ4n) is 1.39. The number of rotatable bonds is 3. The molecule has 0 aliphatic carbocycles. The highest BCUT2D eigenvalue weighted by Crippen LogP contribution is 2.42. The molecule has 0 saturated carbocycles. The fraction of sp³-hybridized carbons (Fsp3) is 0.300. The molecule has 0 bridgehead atoms. The molecule has 2 N–H and O–H groups in total. The van der Waals surface area contributed by atoms with Gasteiger partial charge in [-0.1, -0.05) is 0 Å². The molecule has 0 unspecified atom stereocenters. The van der Waals surface area contributed by atoms with Crippen LogP contribution in [-0.4, -0.2) is 25.8 Å². The molecule has 0 saturated heterocycles. The monoisotopic (exact) mass is 280 g/mol. The lowest BCUT2D eigenvalue weighted by molar-refractivity contribution is -0.286. The van der Waals surface area contributed by atoms with Crippen molar-refractivity contribution in [2.24, 2.45) is 0 Å². The molecule has 1 amide bonds. The van der Waals surface area contributed by atoms with E-state index in [4.69, 9.17) is 0 Å². The third kappa shape index (κ3) is 3.21. The number of benzene rings is 1. The highest BCUT2D eigenvalue weighted by Gasteiger charge is 2.43. The first kappa shape index (κ1) is 14.5. The van der Waals surface area contributed by atoms with Gasteiger partial charge in [0.1, 0.15) is 0 Å². The Balaban J connectivity index is 0.00000162. The Hall–Kier alpha value is -1.60. The Kier molecular flexibility index (Phi) is 4.31. The molecule has 1 aliphatic heterocycles. The van der Waals surface area contributed by atoms with Crippen molar-refractivity contribution in [1.29, 1.82) is 0 Å². The second kappa shape index (κ2) is 5.36. The maximum absolute atomic E-state index is 12.7. The number of carbonyl (C=O) groups is 1. The van der Waals surface area contributed by atoms with Gasteiger partial charge in [0.25, 0.3) is 0 Å². The van der Waals surface area contributed by atoms with Gasteiger partial charge in [0, 0.05) is 11.8 Å². The van der Waals surface area contributed by atoms with E-state index in [1.165, 1.54) is 18.2 Å². The van der Waals surface area contributed by atoms with E-state index in [0.29, 0.717) is 5.69 Å². The number of fused-ring (bicyclic) bond motifs is 1. The van der Waals surface area contributed by atoms with E-state index in [0.717, 1.165) is 0 Å². The third-order valence-corrected chi connectivity index (χ3v) is 2.02. The van der Waals surface area contributed by atoms with Gasteiger partial charge in [-0.25, -0.2) is 0 Å². The van der Waals surface area contributed by atoms with Crippen LogP contribution in [0.25, 0.3) is 0 Å². The smallest absolute Gasteiger partial charge is 0.395 e. The summed E-state index contributed by atoms with van der Waals surface area (Å²) < 4.78 is 33.9. The second-order valence-corrected chi connectivity index (χ2v) is 3.41. The van der Waals surface area contributed by atoms with Gasteiger partial charge in [0.05, 0.1) is 6.54 Å². The average Bonchev–Trinajstić information content (AvgIpc) is 2.51.